The Balaban J connectivity index is 1.27. The molecule has 0 aromatic heterocycles. The van der Waals surface area contributed by atoms with Gasteiger partial charge in [0.25, 0.3) is 5.91 Å². The highest BCUT2D eigenvalue weighted by Crippen LogP contribution is 2.22. The minimum absolute atomic E-state index is 0.0305. The normalized spacial score (nSPS) is 16.8. The fourth-order valence-electron chi connectivity index (χ4n) is 3.68. The maximum absolute atomic E-state index is 12.7. The second kappa shape index (κ2) is 9.60. The summed E-state index contributed by atoms with van der Waals surface area (Å²) in [6.07, 6.45) is 6.72. The zero-order valence-electron chi connectivity index (χ0n) is 17.4. The molecule has 1 aliphatic heterocycles. The molecule has 0 spiro atoms. The molecule has 1 saturated carbocycles. The average Bonchev–Trinajstić information content (AvgIpc) is 3.62. The number of hydrogen-bond acceptors (Lipinski definition) is 3. The molecule has 0 radical (unpaired) electrons. The van der Waals surface area contributed by atoms with Gasteiger partial charge in [-0.2, -0.15) is 0 Å². The Morgan fingerprint density at radius 2 is 1.65 bits per heavy atom. The number of rotatable bonds is 6. The number of likely N-dealkylation sites (tertiary alicyclic amines) is 1. The van der Waals surface area contributed by atoms with Gasteiger partial charge in [-0.3, -0.25) is 14.4 Å². The van der Waals surface area contributed by atoms with Crippen molar-refractivity contribution in [3.8, 4) is 0 Å². The van der Waals surface area contributed by atoms with Crippen molar-refractivity contribution in [2.45, 2.75) is 31.7 Å². The number of carbonyl (C=O) groups excluding carboxylic acids is 3. The minimum Gasteiger partial charge on any atom is -0.349 e. The molecule has 0 bridgehead atoms. The summed E-state index contributed by atoms with van der Waals surface area (Å²) in [5.41, 5.74) is 2.16. The molecule has 2 fully saturated rings. The van der Waals surface area contributed by atoms with Gasteiger partial charge in [-0.25, -0.2) is 0 Å². The van der Waals surface area contributed by atoms with E-state index in [1.807, 2.05) is 36.4 Å². The van der Waals surface area contributed by atoms with Gasteiger partial charge in [0.2, 0.25) is 11.8 Å². The summed E-state index contributed by atoms with van der Waals surface area (Å²) in [6, 6.07) is 17.0. The monoisotopic (exact) mass is 417 g/mol. The molecule has 1 saturated heterocycles. The van der Waals surface area contributed by atoms with Crippen LogP contribution in [0.4, 0.5) is 5.69 Å². The number of hydrogen-bond donors (Lipinski definition) is 2. The van der Waals surface area contributed by atoms with E-state index in [0.29, 0.717) is 43.2 Å². The molecule has 0 atom stereocenters. The standard InChI is InChI=1S/C25H27N3O3/c29-23(12-9-18-5-2-1-3-6-18)28-15-13-19(14-16-28)24(30)27-22-8-4-7-20(17-22)25(31)26-21-10-11-21/h1-9,12,17,19,21H,10-11,13-16H2,(H,26,31)(H,27,30). The lowest BCUT2D eigenvalue weighted by atomic mass is 9.95. The van der Waals surface area contributed by atoms with Gasteiger partial charge in [0, 0.05) is 42.4 Å². The van der Waals surface area contributed by atoms with E-state index in [1.165, 1.54) is 0 Å². The number of nitrogens with one attached hydrogen (secondary N) is 2. The SMILES string of the molecule is O=C(NC1CC1)c1cccc(NC(=O)C2CCN(C(=O)C=Cc3ccccc3)CC2)c1. The van der Waals surface area contributed by atoms with Crippen LogP contribution >= 0.6 is 0 Å². The predicted molar refractivity (Wildman–Crippen MR) is 120 cm³/mol. The number of benzene rings is 2. The summed E-state index contributed by atoms with van der Waals surface area (Å²) < 4.78 is 0. The molecular weight excluding hydrogens is 390 g/mol. The Bertz CT molecular complexity index is 975. The lowest BCUT2D eigenvalue weighted by Crippen LogP contribution is -2.40. The highest BCUT2D eigenvalue weighted by molar-refractivity contribution is 5.98. The van der Waals surface area contributed by atoms with Gasteiger partial charge < -0.3 is 15.5 Å². The number of piperidine rings is 1. The zero-order valence-corrected chi connectivity index (χ0v) is 17.4. The van der Waals surface area contributed by atoms with E-state index in [0.717, 1.165) is 18.4 Å². The summed E-state index contributed by atoms with van der Waals surface area (Å²) in [5.74, 6) is -0.344. The molecule has 2 aromatic carbocycles. The minimum atomic E-state index is -0.147. The quantitative estimate of drug-likeness (QED) is 0.707. The largest absolute Gasteiger partial charge is 0.349 e. The summed E-state index contributed by atoms with van der Waals surface area (Å²) in [4.78, 5) is 39.1. The summed E-state index contributed by atoms with van der Waals surface area (Å²) in [7, 11) is 0. The number of carbonyl (C=O) groups is 3. The van der Waals surface area contributed by atoms with E-state index < -0.39 is 0 Å². The Kier molecular flexibility index (Phi) is 6.46. The molecular formula is C25H27N3O3. The summed E-state index contributed by atoms with van der Waals surface area (Å²) in [5, 5.41) is 5.89. The molecule has 3 amide bonds. The molecule has 160 valence electrons. The highest BCUT2D eigenvalue weighted by Gasteiger charge is 2.27. The molecule has 2 N–H and O–H groups in total. The van der Waals surface area contributed by atoms with Crippen molar-refractivity contribution in [1.29, 1.82) is 0 Å². The summed E-state index contributed by atoms with van der Waals surface area (Å²) >= 11 is 0. The first-order valence-electron chi connectivity index (χ1n) is 10.8. The van der Waals surface area contributed by atoms with E-state index in [4.69, 9.17) is 0 Å². The number of nitrogens with zero attached hydrogens (tertiary/aromatic N) is 1. The van der Waals surface area contributed by atoms with Crippen LogP contribution in [0.25, 0.3) is 6.08 Å². The third kappa shape index (κ3) is 5.81. The van der Waals surface area contributed by atoms with Crippen LogP contribution in [0.3, 0.4) is 0 Å². The van der Waals surface area contributed by atoms with Gasteiger partial charge in [0.05, 0.1) is 0 Å². The van der Waals surface area contributed by atoms with Crippen LogP contribution in [0.5, 0.6) is 0 Å². The van der Waals surface area contributed by atoms with Crippen LogP contribution in [0, 0.1) is 5.92 Å². The second-order valence-corrected chi connectivity index (χ2v) is 8.16. The van der Waals surface area contributed by atoms with Crippen molar-refractivity contribution in [1.82, 2.24) is 10.2 Å². The number of anilines is 1. The lowest BCUT2D eigenvalue weighted by Gasteiger charge is -2.30. The van der Waals surface area contributed by atoms with Crippen LogP contribution in [-0.4, -0.2) is 41.8 Å². The van der Waals surface area contributed by atoms with Crippen molar-refractivity contribution in [2.24, 2.45) is 5.92 Å². The maximum Gasteiger partial charge on any atom is 0.251 e. The van der Waals surface area contributed by atoms with Gasteiger partial charge in [-0.1, -0.05) is 36.4 Å². The fraction of sp³-hybridized carbons (Fsp3) is 0.320. The van der Waals surface area contributed by atoms with Gasteiger partial charge >= 0.3 is 0 Å². The van der Waals surface area contributed by atoms with Crippen molar-refractivity contribution in [2.75, 3.05) is 18.4 Å². The smallest absolute Gasteiger partial charge is 0.251 e. The van der Waals surface area contributed by atoms with Crippen LogP contribution in [0.15, 0.2) is 60.7 Å². The molecule has 6 nitrogen and oxygen atoms in total. The zero-order chi connectivity index (χ0) is 21.6. The molecule has 1 heterocycles. The Morgan fingerprint density at radius 3 is 2.35 bits per heavy atom. The highest BCUT2D eigenvalue weighted by atomic mass is 16.2. The van der Waals surface area contributed by atoms with Crippen molar-refractivity contribution in [3.05, 3.63) is 71.8 Å². The third-order valence-corrected chi connectivity index (χ3v) is 5.70. The van der Waals surface area contributed by atoms with E-state index >= 15 is 0 Å². The van der Waals surface area contributed by atoms with Crippen molar-refractivity contribution < 1.29 is 14.4 Å². The molecule has 2 aliphatic rings. The molecule has 4 rings (SSSR count). The van der Waals surface area contributed by atoms with Gasteiger partial charge in [-0.05, 0) is 55.5 Å². The molecule has 31 heavy (non-hydrogen) atoms. The van der Waals surface area contributed by atoms with Crippen LogP contribution < -0.4 is 10.6 Å². The fourth-order valence-corrected chi connectivity index (χ4v) is 3.68. The van der Waals surface area contributed by atoms with E-state index in [1.54, 1.807) is 35.2 Å². The second-order valence-electron chi connectivity index (χ2n) is 8.16. The Morgan fingerprint density at radius 1 is 0.903 bits per heavy atom. The topological polar surface area (TPSA) is 78.5 Å². The van der Waals surface area contributed by atoms with Gasteiger partial charge in [0.1, 0.15) is 0 Å². The number of amides is 3. The predicted octanol–water partition coefficient (Wildman–Crippen LogP) is 3.47. The molecule has 0 unspecified atom stereocenters. The summed E-state index contributed by atoms with van der Waals surface area (Å²) in [6.45, 7) is 1.11. The van der Waals surface area contributed by atoms with E-state index in [9.17, 15) is 14.4 Å². The van der Waals surface area contributed by atoms with Crippen LogP contribution in [-0.2, 0) is 9.59 Å². The first-order chi connectivity index (χ1) is 15.1. The average molecular weight is 418 g/mol. The van der Waals surface area contributed by atoms with Gasteiger partial charge in [-0.15, -0.1) is 0 Å². The molecule has 1 aliphatic carbocycles. The lowest BCUT2D eigenvalue weighted by molar-refractivity contribution is -0.130. The first-order valence-corrected chi connectivity index (χ1v) is 10.8. The maximum atomic E-state index is 12.7. The third-order valence-electron chi connectivity index (χ3n) is 5.70. The van der Waals surface area contributed by atoms with Crippen LogP contribution in [0.1, 0.15) is 41.6 Å². The van der Waals surface area contributed by atoms with Crippen molar-refractivity contribution >= 4 is 29.5 Å². The van der Waals surface area contributed by atoms with Gasteiger partial charge in [0.15, 0.2) is 0 Å². The first kappa shape index (κ1) is 20.8. The van der Waals surface area contributed by atoms with E-state index in [-0.39, 0.29) is 23.6 Å². The molecule has 6 heteroatoms. The Hall–Kier alpha value is -3.41. The Labute approximate surface area is 182 Å². The van der Waals surface area contributed by atoms with Crippen LogP contribution in [0.2, 0.25) is 0 Å². The van der Waals surface area contributed by atoms with E-state index in [2.05, 4.69) is 10.6 Å². The molecule has 2 aromatic rings. The van der Waals surface area contributed by atoms with Crippen molar-refractivity contribution in [3.63, 3.8) is 0 Å².